The number of hydrogen-bond donors (Lipinski definition) is 2. The van der Waals surface area contributed by atoms with Gasteiger partial charge in [0.15, 0.2) is 0 Å². The number of fused-ring (bicyclic) bond motifs is 2. The molecule has 2 heterocycles. The number of anilines is 2. The molecule has 178 valence electrons. The van der Waals surface area contributed by atoms with Crippen LogP contribution in [0.25, 0.3) is 0 Å². The van der Waals surface area contributed by atoms with Gasteiger partial charge in [-0.3, -0.25) is 14.5 Å². The minimum atomic E-state index is -0.500. The smallest absolute Gasteiger partial charge is 0.324 e. The lowest BCUT2D eigenvalue weighted by atomic mass is 10.0. The van der Waals surface area contributed by atoms with Gasteiger partial charge in [0, 0.05) is 42.0 Å². The standard InChI is InChI=1S/C26H22ClFN4O3/c1-31-13-17-7-6-16(25(34)29-12-15-5-8-22-18(9-15)11-24(33)30-22)10-23(17)32(26(31)35)14-19-20(27)3-2-4-21(19)28/h2-10H,11-14H2,1H3,(H,29,34)(H,30,33). The molecule has 0 atom stereocenters. The van der Waals surface area contributed by atoms with Crippen LogP contribution in [0.4, 0.5) is 20.6 Å². The highest BCUT2D eigenvalue weighted by Crippen LogP contribution is 2.32. The van der Waals surface area contributed by atoms with E-state index in [2.05, 4.69) is 10.6 Å². The fourth-order valence-electron chi connectivity index (χ4n) is 4.39. The van der Waals surface area contributed by atoms with Gasteiger partial charge >= 0.3 is 6.03 Å². The number of hydrogen-bond acceptors (Lipinski definition) is 3. The maximum Gasteiger partial charge on any atom is 0.324 e. The van der Waals surface area contributed by atoms with Crippen LogP contribution in [0.15, 0.2) is 54.6 Å². The quantitative estimate of drug-likeness (QED) is 0.551. The molecule has 0 unspecified atom stereocenters. The van der Waals surface area contributed by atoms with Crippen molar-refractivity contribution in [3.63, 3.8) is 0 Å². The monoisotopic (exact) mass is 492 g/mol. The van der Waals surface area contributed by atoms with Gasteiger partial charge in [0.05, 0.1) is 18.7 Å². The predicted octanol–water partition coefficient (Wildman–Crippen LogP) is 4.48. The molecule has 5 rings (SSSR count). The van der Waals surface area contributed by atoms with Crippen molar-refractivity contribution in [1.29, 1.82) is 0 Å². The average molecular weight is 493 g/mol. The number of carbonyl (C=O) groups is 3. The van der Waals surface area contributed by atoms with E-state index in [1.54, 1.807) is 31.3 Å². The van der Waals surface area contributed by atoms with Crippen molar-refractivity contribution in [2.45, 2.75) is 26.1 Å². The Labute approximate surface area is 206 Å². The molecule has 4 amide bonds. The number of rotatable bonds is 5. The Morgan fingerprint density at radius 2 is 1.94 bits per heavy atom. The molecular weight excluding hydrogens is 471 g/mol. The van der Waals surface area contributed by atoms with Crippen LogP contribution in [-0.2, 0) is 30.8 Å². The summed E-state index contributed by atoms with van der Waals surface area (Å²) in [5, 5.41) is 5.90. The van der Waals surface area contributed by atoms with E-state index in [1.165, 1.54) is 21.9 Å². The molecule has 0 saturated heterocycles. The molecule has 35 heavy (non-hydrogen) atoms. The molecule has 9 heteroatoms. The summed E-state index contributed by atoms with van der Waals surface area (Å²) in [6, 6.07) is 14.8. The van der Waals surface area contributed by atoms with Gasteiger partial charge in [0.25, 0.3) is 5.91 Å². The normalized spacial score (nSPS) is 14.5. The summed E-state index contributed by atoms with van der Waals surface area (Å²) in [5.74, 6) is -0.852. The average Bonchev–Trinajstić information content (AvgIpc) is 3.21. The van der Waals surface area contributed by atoms with Gasteiger partial charge in [-0.2, -0.15) is 0 Å². The van der Waals surface area contributed by atoms with E-state index in [0.29, 0.717) is 24.2 Å². The second-order valence-corrected chi connectivity index (χ2v) is 9.07. The first-order valence-electron chi connectivity index (χ1n) is 11.1. The molecule has 0 bridgehead atoms. The Balaban J connectivity index is 1.37. The van der Waals surface area contributed by atoms with Crippen LogP contribution in [0.3, 0.4) is 0 Å². The van der Waals surface area contributed by atoms with E-state index in [-0.39, 0.29) is 41.5 Å². The molecule has 3 aromatic carbocycles. The van der Waals surface area contributed by atoms with Gasteiger partial charge in [-0.25, -0.2) is 9.18 Å². The minimum Gasteiger partial charge on any atom is -0.348 e. The van der Waals surface area contributed by atoms with Gasteiger partial charge in [0.1, 0.15) is 5.82 Å². The molecule has 2 N–H and O–H groups in total. The Hall–Kier alpha value is -3.91. The molecule has 0 fully saturated rings. The summed E-state index contributed by atoms with van der Waals surface area (Å²) < 4.78 is 14.5. The van der Waals surface area contributed by atoms with E-state index < -0.39 is 5.82 Å². The van der Waals surface area contributed by atoms with Crippen LogP contribution < -0.4 is 15.5 Å². The summed E-state index contributed by atoms with van der Waals surface area (Å²) >= 11 is 6.21. The molecule has 0 aliphatic carbocycles. The Bertz CT molecular complexity index is 1360. The highest BCUT2D eigenvalue weighted by molar-refractivity contribution is 6.31. The first kappa shape index (κ1) is 22.9. The summed E-state index contributed by atoms with van der Waals surface area (Å²) in [6.45, 7) is 0.599. The lowest BCUT2D eigenvalue weighted by Gasteiger charge is -2.35. The number of nitrogens with one attached hydrogen (secondary N) is 2. The molecule has 2 aliphatic rings. The van der Waals surface area contributed by atoms with Crippen molar-refractivity contribution in [2.75, 3.05) is 17.3 Å². The third-order valence-electron chi connectivity index (χ3n) is 6.23. The van der Waals surface area contributed by atoms with E-state index >= 15 is 0 Å². The highest BCUT2D eigenvalue weighted by atomic mass is 35.5. The van der Waals surface area contributed by atoms with Gasteiger partial charge in [-0.05, 0) is 47.0 Å². The predicted molar refractivity (Wildman–Crippen MR) is 131 cm³/mol. The number of amides is 4. The zero-order valence-corrected chi connectivity index (χ0v) is 19.7. The second-order valence-electron chi connectivity index (χ2n) is 8.67. The molecule has 3 aromatic rings. The van der Waals surface area contributed by atoms with Crippen LogP contribution in [0.1, 0.15) is 32.6 Å². The Morgan fingerprint density at radius 3 is 2.74 bits per heavy atom. The number of urea groups is 1. The largest absolute Gasteiger partial charge is 0.348 e. The third-order valence-corrected chi connectivity index (χ3v) is 6.58. The molecule has 7 nitrogen and oxygen atoms in total. The van der Waals surface area contributed by atoms with Crippen molar-refractivity contribution in [1.82, 2.24) is 10.2 Å². The van der Waals surface area contributed by atoms with E-state index in [4.69, 9.17) is 11.6 Å². The summed E-state index contributed by atoms with van der Waals surface area (Å²) in [4.78, 5) is 40.4. The SMILES string of the molecule is CN1Cc2ccc(C(=O)NCc3ccc4c(c3)CC(=O)N4)cc2N(Cc2c(F)cccc2Cl)C1=O. The molecule has 0 radical (unpaired) electrons. The van der Waals surface area contributed by atoms with Gasteiger partial charge in [0.2, 0.25) is 5.91 Å². The van der Waals surface area contributed by atoms with Crippen molar-refractivity contribution < 1.29 is 18.8 Å². The van der Waals surface area contributed by atoms with Crippen molar-refractivity contribution in [3.8, 4) is 0 Å². The van der Waals surface area contributed by atoms with Crippen molar-refractivity contribution >= 4 is 40.8 Å². The number of halogens is 2. The maximum absolute atomic E-state index is 14.5. The summed E-state index contributed by atoms with van der Waals surface area (Å²) in [7, 11) is 1.67. The molecule has 0 spiro atoms. The number of carbonyl (C=O) groups excluding carboxylic acids is 3. The summed E-state index contributed by atoms with van der Waals surface area (Å²) in [5.41, 5.74) is 4.55. The van der Waals surface area contributed by atoms with E-state index in [1.807, 2.05) is 18.2 Å². The maximum atomic E-state index is 14.5. The fraction of sp³-hybridized carbons (Fsp3) is 0.192. The Kier molecular flexibility index (Phi) is 5.90. The topological polar surface area (TPSA) is 81.8 Å². The van der Waals surface area contributed by atoms with E-state index in [0.717, 1.165) is 22.4 Å². The number of benzene rings is 3. The first-order chi connectivity index (χ1) is 16.8. The van der Waals surface area contributed by atoms with E-state index in [9.17, 15) is 18.8 Å². The van der Waals surface area contributed by atoms with Gasteiger partial charge in [-0.15, -0.1) is 0 Å². The first-order valence-corrected chi connectivity index (χ1v) is 11.5. The molecule has 0 saturated carbocycles. The van der Waals surface area contributed by atoms with Crippen molar-refractivity contribution in [3.05, 3.63) is 93.3 Å². The van der Waals surface area contributed by atoms with Gasteiger partial charge in [-0.1, -0.05) is 35.9 Å². The lowest BCUT2D eigenvalue weighted by molar-refractivity contribution is -0.115. The highest BCUT2D eigenvalue weighted by Gasteiger charge is 2.30. The van der Waals surface area contributed by atoms with Crippen LogP contribution in [0.5, 0.6) is 0 Å². The second kappa shape index (κ2) is 9.03. The lowest BCUT2D eigenvalue weighted by Crippen LogP contribution is -2.45. The Morgan fingerprint density at radius 1 is 1.11 bits per heavy atom. The van der Waals surface area contributed by atoms with Crippen LogP contribution in [-0.4, -0.2) is 29.8 Å². The van der Waals surface area contributed by atoms with Crippen molar-refractivity contribution in [2.24, 2.45) is 0 Å². The third kappa shape index (κ3) is 4.44. The number of nitrogens with zero attached hydrogens (tertiary/aromatic N) is 2. The van der Waals surface area contributed by atoms with Crippen LogP contribution in [0.2, 0.25) is 5.02 Å². The van der Waals surface area contributed by atoms with Crippen LogP contribution in [0, 0.1) is 5.82 Å². The van der Waals surface area contributed by atoms with Gasteiger partial charge < -0.3 is 15.5 Å². The zero-order valence-electron chi connectivity index (χ0n) is 18.9. The zero-order chi connectivity index (χ0) is 24.7. The summed E-state index contributed by atoms with van der Waals surface area (Å²) in [6.07, 6.45) is 0.326. The minimum absolute atomic E-state index is 0.0448. The molecular formula is C26H22ClFN4O3. The van der Waals surface area contributed by atoms with Crippen LogP contribution >= 0.6 is 11.6 Å². The fourth-order valence-corrected chi connectivity index (χ4v) is 4.62. The molecule has 2 aliphatic heterocycles. The molecule has 0 aromatic heterocycles.